The van der Waals surface area contributed by atoms with Gasteiger partial charge in [0.2, 0.25) is 16.8 Å². The van der Waals surface area contributed by atoms with Crippen molar-refractivity contribution in [2.75, 3.05) is 26.6 Å². The third-order valence-electron chi connectivity index (χ3n) is 6.35. The summed E-state index contributed by atoms with van der Waals surface area (Å²) in [4.78, 5) is 13.0. The van der Waals surface area contributed by atoms with Gasteiger partial charge in [-0.05, 0) is 67.6 Å². The maximum atomic E-state index is 12.8. The molecule has 1 saturated carbocycles. The quantitative estimate of drug-likeness (QED) is 0.660. The summed E-state index contributed by atoms with van der Waals surface area (Å²) in [7, 11) is -3.54. The summed E-state index contributed by atoms with van der Waals surface area (Å²) in [5.74, 6) is 1.21. The SMILES string of the molecule is O=C(NCC1(c2ccc3c(c2)OCO3)CCOCC1)c1ccc(S(=O)(=O)NC2CC2)cc1. The van der Waals surface area contributed by atoms with E-state index in [-0.39, 0.29) is 29.1 Å². The van der Waals surface area contributed by atoms with E-state index in [9.17, 15) is 13.2 Å². The number of nitrogens with one attached hydrogen (secondary N) is 2. The van der Waals surface area contributed by atoms with Crippen LogP contribution in [-0.2, 0) is 20.2 Å². The fourth-order valence-electron chi connectivity index (χ4n) is 4.18. The largest absolute Gasteiger partial charge is 0.454 e. The van der Waals surface area contributed by atoms with Crippen molar-refractivity contribution in [1.29, 1.82) is 0 Å². The zero-order valence-electron chi connectivity index (χ0n) is 17.6. The summed E-state index contributed by atoms with van der Waals surface area (Å²) < 4.78 is 43.9. The molecule has 2 aromatic carbocycles. The van der Waals surface area contributed by atoms with Crippen LogP contribution >= 0.6 is 0 Å². The predicted octanol–water partition coefficient (Wildman–Crippen LogP) is 2.33. The lowest BCUT2D eigenvalue weighted by Crippen LogP contribution is -2.44. The van der Waals surface area contributed by atoms with E-state index < -0.39 is 10.0 Å². The number of fused-ring (bicyclic) bond motifs is 1. The first kappa shape index (κ1) is 21.2. The summed E-state index contributed by atoms with van der Waals surface area (Å²) in [6.07, 6.45) is 3.29. The van der Waals surface area contributed by atoms with Crippen molar-refractivity contribution in [3.05, 3.63) is 53.6 Å². The van der Waals surface area contributed by atoms with Crippen LogP contribution in [0.3, 0.4) is 0 Å². The topological polar surface area (TPSA) is 103 Å². The highest BCUT2D eigenvalue weighted by molar-refractivity contribution is 7.89. The van der Waals surface area contributed by atoms with Crippen LogP contribution in [0.25, 0.3) is 0 Å². The first-order valence-electron chi connectivity index (χ1n) is 10.8. The van der Waals surface area contributed by atoms with Crippen LogP contribution in [0.2, 0.25) is 0 Å². The summed E-state index contributed by atoms with van der Waals surface area (Å²) in [6, 6.07) is 12.0. The normalized spacial score (nSPS) is 19.5. The number of benzene rings is 2. The van der Waals surface area contributed by atoms with E-state index >= 15 is 0 Å². The number of hydrogen-bond donors (Lipinski definition) is 2. The van der Waals surface area contributed by atoms with Gasteiger partial charge in [-0.15, -0.1) is 0 Å². The van der Waals surface area contributed by atoms with Gasteiger partial charge in [0.15, 0.2) is 11.5 Å². The fourth-order valence-corrected chi connectivity index (χ4v) is 5.49. The molecule has 0 spiro atoms. The van der Waals surface area contributed by atoms with E-state index in [4.69, 9.17) is 14.2 Å². The first-order valence-corrected chi connectivity index (χ1v) is 12.3. The van der Waals surface area contributed by atoms with Gasteiger partial charge in [0.1, 0.15) is 0 Å². The molecule has 8 nitrogen and oxygen atoms in total. The van der Waals surface area contributed by atoms with Crippen LogP contribution in [-0.4, -0.2) is 46.9 Å². The molecule has 2 fully saturated rings. The molecule has 2 N–H and O–H groups in total. The Bertz CT molecular complexity index is 1110. The maximum absolute atomic E-state index is 12.8. The number of amides is 1. The Morgan fingerprint density at radius 2 is 1.72 bits per heavy atom. The predicted molar refractivity (Wildman–Crippen MR) is 116 cm³/mol. The Kier molecular flexibility index (Phi) is 5.56. The summed E-state index contributed by atoms with van der Waals surface area (Å²) in [6.45, 7) is 1.89. The molecule has 0 aromatic heterocycles. The fraction of sp³-hybridized carbons (Fsp3) is 0.435. The van der Waals surface area contributed by atoms with Crippen LogP contribution in [0.4, 0.5) is 0 Å². The van der Waals surface area contributed by atoms with Crippen molar-refractivity contribution in [3.63, 3.8) is 0 Å². The highest BCUT2D eigenvalue weighted by Crippen LogP contribution is 2.40. The second-order valence-electron chi connectivity index (χ2n) is 8.56. The highest BCUT2D eigenvalue weighted by atomic mass is 32.2. The molecule has 170 valence electrons. The van der Waals surface area contributed by atoms with Gasteiger partial charge >= 0.3 is 0 Å². The van der Waals surface area contributed by atoms with Crippen molar-refractivity contribution in [1.82, 2.24) is 10.0 Å². The van der Waals surface area contributed by atoms with Crippen LogP contribution in [0, 0.1) is 0 Å². The standard InChI is InChI=1S/C23H26N2O6S/c26-22(16-1-6-19(7-2-16)32(27,28)25-18-4-5-18)24-14-23(9-11-29-12-10-23)17-3-8-20-21(13-17)31-15-30-20/h1-3,6-8,13,18,25H,4-5,9-12,14-15H2,(H,24,26). The van der Waals surface area contributed by atoms with Gasteiger partial charge < -0.3 is 19.5 Å². The van der Waals surface area contributed by atoms with E-state index in [1.54, 1.807) is 12.1 Å². The van der Waals surface area contributed by atoms with Gasteiger partial charge in [0.05, 0.1) is 4.90 Å². The number of rotatable bonds is 7. The Labute approximate surface area is 187 Å². The monoisotopic (exact) mass is 458 g/mol. The third-order valence-corrected chi connectivity index (χ3v) is 7.88. The summed E-state index contributed by atoms with van der Waals surface area (Å²) >= 11 is 0. The lowest BCUT2D eigenvalue weighted by molar-refractivity contribution is 0.0486. The van der Waals surface area contributed by atoms with E-state index in [1.165, 1.54) is 12.1 Å². The second-order valence-corrected chi connectivity index (χ2v) is 10.3. The minimum atomic E-state index is -3.54. The van der Waals surface area contributed by atoms with E-state index in [0.717, 1.165) is 42.7 Å². The van der Waals surface area contributed by atoms with Gasteiger partial charge in [-0.1, -0.05) is 6.07 Å². The van der Waals surface area contributed by atoms with Crippen LogP contribution in [0.15, 0.2) is 47.4 Å². The average Bonchev–Trinajstić information content (AvgIpc) is 3.49. The molecular formula is C23H26N2O6S. The van der Waals surface area contributed by atoms with Crippen LogP contribution in [0.5, 0.6) is 11.5 Å². The molecule has 0 atom stereocenters. The van der Waals surface area contributed by atoms with Crippen molar-refractivity contribution in [3.8, 4) is 11.5 Å². The lowest BCUT2D eigenvalue weighted by Gasteiger charge is -2.38. The number of ether oxygens (including phenoxy) is 3. The van der Waals surface area contributed by atoms with E-state index in [0.29, 0.717) is 25.3 Å². The number of carbonyl (C=O) groups excluding carboxylic acids is 1. The lowest BCUT2D eigenvalue weighted by atomic mass is 9.74. The summed E-state index contributed by atoms with van der Waals surface area (Å²) in [5.41, 5.74) is 1.23. The Balaban J connectivity index is 1.30. The Morgan fingerprint density at radius 3 is 2.44 bits per heavy atom. The molecule has 5 rings (SSSR count). The molecule has 2 aromatic rings. The van der Waals surface area contributed by atoms with Crippen LogP contribution < -0.4 is 19.5 Å². The zero-order valence-corrected chi connectivity index (χ0v) is 18.4. The molecule has 9 heteroatoms. The molecule has 1 saturated heterocycles. The van der Waals surface area contributed by atoms with Gasteiger partial charge in [-0.2, -0.15) is 0 Å². The molecule has 2 heterocycles. The van der Waals surface area contributed by atoms with E-state index in [1.807, 2.05) is 18.2 Å². The molecular weight excluding hydrogens is 432 g/mol. The molecule has 2 aliphatic heterocycles. The zero-order chi connectivity index (χ0) is 22.2. The molecule has 3 aliphatic rings. The first-order chi connectivity index (χ1) is 15.5. The minimum absolute atomic E-state index is 0.0369. The van der Waals surface area contributed by atoms with Crippen molar-refractivity contribution in [2.45, 2.75) is 42.0 Å². The van der Waals surface area contributed by atoms with Gasteiger partial charge in [-0.3, -0.25) is 4.79 Å². The van der Waals surface area contributed by atoms with E-state index in [2.05, 4.69) is 10.0 Å². The summed E-state index contributed by atoms with van der Waals surface area (Å²) in [5, 5.41) is 3.04. The number of sulfonamides is 1. The highest BCUT2D eigenvalue weighted by Gasteiger charge is 2.36. The molecule has 32 heavy (non-hydrogen) atoms. The smallest absolute Gasteiger partial charge is 0.251 e. The molecule has 0 bridgehead atoms. The van der Waals surface area contributed by atoms with Crippen molar-refractivity contribution >= 4 is 15.9 Å². The molecule has 0 radical (unpaired) electrons. The Morgan fingerprint density at radius 1 is 1.00 bits per heavy atom. The van der Waals surface area contributed by atoms with Gasteiger partial charge in [0.25, 0.3) is 5.91 Å². The number of hydrogen-bond acceptors (Lipinski definition) is 6. The van der Waals surface area contributed by atoms with Gasteiger partial charge in [0, 0.05) is 36.8 Å². The maximum Gasteiger partial charge on any atom is 0.251 e. The molecule has 0 unspecified atom stereocenters. The third kappa shape index (κ3) is 4.32. The Hall–Kier alpha value is -2.62. The van der Waals surface area contributed by atoms with Crippen molar-refractivity contribution in [2.24, 2.45) is 0 Å². The van der Waals surface area contributed by atoms with Gasteiger partial charge in [-0.25, -0.2) is 13.1 Å². The van der Waals surface area contributed by atoms with Crippen molar-refractivity contribution < 1.29 is 27.4 Å². The second kappa shape index (κ2) is 8.38. The average molecular weight is 459 g/mol. The number of carbonyl (C=O) groups is 1. The molecule has 1 amide bonds. The minimum Gasteiger partial charge on any atom is -0.454 e. The molecule has 1 aliphatic carbocycles. The van der Waals surface area contributed by atoms with Crippen LogP contribution in [0.1, 0.15) is 41.6 Å².